The normalized spacial score (nSPS) is 17.7. The summed E-state index contributed by atoms with van der Waals surface area (Å²) in [5.41, 5.74) is 3.11. The largest absolute Gasteiger partial charge is 0.483 e. The summed E-state index contributed by atoms with van der Waals surface area (Å²) in [4.78, 5) is 14.6. The number of aryl methyl sites for hydroxylation is 1. The van der Waals surface area contributed by atoms with Crippen molar-refractivity contribution in [1.82, 2.24) is 4.90 Å². The van der Waals surface area contributed by atoms with E-state index in [9.17, 15) is 4.79 Å². The van der Waals surface area contributed by atoms with Crippen LogP contribution in [0.25, 0.3) is 0 Å². The van der Waals surface area contributed by atoms with Crippen molar-refractivity contribution in [3.05, 3.63) is 59.7 Å². The maximum absolute atomic E-state index is 12.1. The average molecular weight is 352 g/mol. The van der Waals surface area contributed by atoms with E-state index in [1.807, 2.05) is 43.3 Å². The lowest BCUT2D eigenvalue weighted by atomic mass is 10.0. The van der Waals surface area contributed by atoms with E-state index in [-0.39, 0.29) is 12.5 Å². The number of rotatable bonds is 6. The number of piperidine rings is 1. The third kappa shape index (κ3) is 5.09. The van der Waals surface area contributed by atoms with Gasteiger partial charge in [0.05, 0.1) is 0 Å². The van der Waals surface area contributed by atoms with Crippen molar-refractivity contribution in [2.45, 2.75) is 45.7 Å². The van der Waals surface area contributed by atoms with E-state index in [4.69, 9.17) is 4.74 Å². The first-order valence-electron chi connectivity index (χ1n) is 9.43. The monoisotopic (exact) mass is 352 g/mol. The van der Waals surface area contributed by atoms with Crippen molar-refractivity contribution in [2.24, 2.45) is 0 Å². The molecule has 1 aliphatic rings. The molecule has 4 heteroatoms. The molecule has 2 aromatic carbocycles. The molecule has 1 heterocycles. The van der Waals surface area contributed by atoms with E-state index in [0.717, 1.165) is 23.5 Å². The topological polar surface area (TPSA) is 41.6 Å². The first kappa shape index (κ1) is 18.5. The second-order valence-electron chi connectivity index (χ2n) is 7.11. The molecule has 2 aromatic rings. The molecule has 0 bridgehead atoms. The fourth-order valence-corrected chi connectivity index (χ4v) is 3.38. The summed E-state index contributed by atoms with van der Waals surface area (Å²) in [5, 5.41) is 2.89. The number of ether oxygens (including phenoxy) is 1. The molecule has 3 rings (SSSR count). The smallest absolute Gasteiger partial charge is 0.262 e. The van der Waals surface area contributed by atoms with Gasteiger partial charge in [0, 0.05) is 18.3 Å². The molecule has 0 aliphatic carbocycles. The molecule has 0 spiro atoms. The third-order valence-corrected chi connectivity index (χ3v) is 5.02. The number of para-hydroxylation sites is 1. The van der Waals surface area contributed by atoms with Crippen molar-refractivity contribution >= 4 is 11.6 Å². The number of hydrogen-bond donors (Lipinski definition) is 1. The molecular weight excluding hydrogens is 324 g/mol. The first-order valence-corrected chi connectivity index (χ1v) is 9.43. The summed E-state index contributed by atoms with van der Waals surface area (Å²) in [6.07, 6.45) is 3.92. The number of hydrogen-bond acceptors (Lipinski definition) is 3. The Morgan fingerprint density at radius 3 is 2.65 bits per heavy atom. The SMILES string of the molecule is Cc1ccccc1OCC(=O)Nc1ccc(CN2CCCCC2C)cc1. The highest BCUT2D eigenvalue weighted by atomic mass is 16.5. The van der Waals surface area contributed by atoms with Crippen molar-refractivity contribution < 1.29 is 9.53 Å². The van der Waals surface area contributed by atoms with Gasteiger partial charge in [-0.2, -0.15) is 0 Å². The zero-order valence-electron chi connectivity index (χ0n) is 15.7. The molecular formula is C22H28N2O2. The van der Waals surface area contributed by atoms with Gasteiger partial charge in [0.2, 0.25) is 0 Å². The van der Waals surface area contributed by atoms with E-state index in [2.05, 4.69) is 29.3 Å². The quantitative estimate of drug-likeness (QED) is 0.838. The number of benzene rings is 2. The van der Waals surface area contributed by atoms with E-state index < -0.39 is 0 Å². The molecule has 0 aromatic heterocycles. The van der Waals surface area contributed by atoms with Crippen LogP contribution in [-0.2, 0) is 11.3 Å². The number of amides is 1. The second kappa shape index (κ2) is 8.86. The highest BCUT2D eigenvalue weighted by Gasteiger charge is 2.18. The lowest BCUT2D eigenvalue weighted by Crippen LogP contribution is -2.36. The van der Waals surface area contributed by atoms with Gasteiger partial charge < -0.3 is 10.1 Å². The lowest BCUT2D eigenvalue weighted by molar-refractivity contribution is -0.118. The number of likely N-dealkylation sites (tertiary alicyclic amines) is 1. The molecule has 1 N–H and O–H groups in total. The van der Waals surface area contributed by atoms with Crippen molar-refractivity contribution in [3.8, 4) is 5.75 Å². The van der Waals surface area contributed by atoms with Gasteiger partial charge in [-0.15, -0.1) is 0 Å². The van der Waals surface area contributed by atoms with Crippen LogP contribution in [0.4, 0.5) is 5.69 Å². The minimum absolute atomic E-state index is 0.0118. The van der Waals surface area contributed by atoms with Crippen LogP contribution in [-0.4, -0.2) is 30.0 Å². The Morgan fingerprint density at radius 1 is 1.15 bits per heavy atom. The molecule has 1 atom stereocenters. The molecule has 1 saturated heterocycles. The van der Waals surface area contributed by atoms with Gasteiger partial charge in [0.1, 0.15) is 5.75 Å². The van der Waals surface area contributed by atoms with E-state index in [0.29, 0.717) is 6.04 Å². The Labute approximate surface area is 156 Å². The lowest BCUT2D eigenvalue weighted by Gasteiger charge is -2.33. The van der Waals surface area contributed by atoms with Gasteiger partial charge in [-0.25, -0.2) is 0 Å². The Hall–Kier alpha value is -2.33. The maximum atomic E-state index is 12.1. The minimum Gasteiger partial charge on any atom is -0.483 e. The van der Waals surface area contributed by atoms with Crippen LogP contribution in [0.5, 0.6) is 5.75 Å². The molecule has 1 aliphatic heterocycles. The first-order chi connectivity index (χ1) is 12.6. The zero-order valence-corrected chi connectivity index (χ0v) is 15.7. The molecule has 1 unspecified atom stereocenters. The van der Waals surface area contributed by atoms with Crippen LogP contribution in [0.2, 0.25) is 0 Å². The second-order valence-corrected chi connectivity index (χ2v) is 7.11. The maximum Gasteiger partial charge on any atom is 0.262 e. The standard InChI is InChI=1S/C22H28N2O2/c1-17-7-3-4-9-21(17)26-16-22(25)23-20-12-10-19(11-13-20)15-24-14-6-5-8-18(24)2/h3-4,7,9-13,18H,5-6,8,14-16H2,1-2H3,(H,23,25). The number of anilines is 1. The van der Waals surface area contributed by atoms with Gasteiger partial charge >= 0.3 is 0 Å². The number of carbonyl (C=O) groups is 1. The number of carbonyl (C=O) groups excluding carboxylic acids is 1. The summed E-state index contributed by atoms with van der Waals surface area (Å²) >= 11 is 0. The van der Waals surface area contributed by atoms with Crippen LogP contribution < -0.4 is 10.1 Å². The van der Waals surface area contributed by atoms with Crippen LogP contribution in [0, 0.1) is 6.92 Å². The van der Waals surface area contributed by atoms with Crippen molar-refractivity contribution in [3.63, 3.8) is 0 Å². The molecule has 0 radical (unpaired) electrons. The van der Waals surface area contributed by atoms with Crippen molar-refractivity contribution in [1.29, 1.82) is 0 Å². The molecule has 4 nitrogen and oxygen atoms in total. The minimum atomic E-state index is -0.148. The summed E-state index contributed by atoms with van der Waals surface area (Å²) in [7, 11) is 0. The number of nitrogens with one attached hydrogen (secondary N) is 1. The molecule has 138 valence electrons. The van der Waals surface area contributed by atoms with Crippen LogP contribution in [0.15, 0.2) is 48.5 Å². The highest BCUT2D eigenvalue weighted by Crippen LogP contribution is 2.20. The van der Waals surface area contributed by atoms with E-state index in [1.54, 1.807) is 0 Å². The Morgan fingerprint density at radius 2 is 1.92 bits per heavy atom. The van der Waals surface area contributed by atoms with Crippen LogP contribution in [0.3, 0.4) is 0 Å². The van der Waals surface area contributed by atoms with Crippen LogP contribution >= 0.6 is 0 Å². The van der Waals surface area contributed by atoms with Crippen molar-refractivity contribution in [2.75, 3.05) is 18.5 Å². The fraction of sp³-hybridized carbons (Fsp3) is 0.409. The van der Waals surface area contributed by atoms with Gasteiger partial charge in [-0.1, -0.05) is 36.8 Å². The van der Waals surface area contributed by atoms with Gasteiger partial charge in [0.25, 0.3) is 5.91 Å². The summed E-state index contributed by atoms with van der Waals surface area (Å²) in [5.74, 6) is 0.597. The molecule has 1 fully saturated rings. The molecule has 0 saturated carbocycles. The summed E-state index contributed by atoms with van der Waals surface area (Å²) in [6.45, 7) is 6.44. The zero-order chi connectivity index (χ0) is 18.4. The third-order valence-electron chi connectivity index (χ3n) is 5.02. The molecule has 26 heavy (non-hydrogen) atoms. The molecule has 1 amide bonds. The fourth-order valence-electron chi connectivity index (χ4n) is 3.38. The van der Waals surface area contributed by atoms with Gasteiger partial charge in [-0.3, -0.25) is 9.69 Å². The Balaban J connectivity index is 1.49. The van der Waals surface area contributed by atoms with Gasteiger partial charge in [0.15, 0.2) is 6.61 Å². The van der Waals surface area contributed by atoms with E-state index >= 15 is 0 Å². The van der Waals surface area contributed by atoms with Crippen LogP contribution in [0.1, 0.15) is 37.3 Å². The number of nitrogens with zero attached hydrogens (tertiary/aromatic N) is 1. The highest BCUT2D eigenvalue weighted by molar-refractivity contribution is 5.91. The summed E-state index contributed by atoms with van der Waals surface area (Å²) in [6, 6.07) is 16.5. The predicted molar refractivity (Wildman–Crippen MR) is 105 cm³/mol. The Bertz CT molecular complexity index is 727. The van der Waals surface area contributed by atoms with E-state index in [1.165, 1.54) is 31.4 Å². The Kier molecular flexibility index (Phi) is 6.29. The average Bonchev–Trinajstić information content (AvgIpc) is 2.64. The predicted octanol–water partition coefficient (Wildman–Crippen LogP) is 4.39. The van der Waals surface area contributed by atoms with Gasteiger partial charge in [-0.05, 0) is 62.6 Å². The summed E-state index contributed by atoms with van der Waals surface area (Å²) < 4.78 is 5.59.